The molecule has 8 heteroatoms. The van der Waals surface area contributed by atoms with E-state index in [0.717, 1.165) is 28.5 Å². The van der Waals surface area contributed by atoms with E-state index < -0.39 is 0 Å². The van der Waals surface area contributed by atoms with Crippen molar-refractivity contribution in [2.24, 2.45) is 0 Å². The van der Waals surface area contributed by atoms with Gasteiger partial charge >= 0.3 is 21.1 Å². The number of nitrogens with zero attached hydrogens (tertiary/aromatic N) is 3. The summed E-state index contributed by atoms with van der Waals surface area (Å²) < 4.78 is 6.31. The van der Waals surface area contributed by atoms with Gasteiger partial charge in [0.2, 0.25) is 0 Å². The van der Waals surface area contributed by atoms with Gasteiger partial charge < -0.3 is 14.7 Å². The van der Waals surface area contributed by atoms with Crippen molar-refractivity contribution in [1.82, 2.24) is 24.9 Å². The van der Waals surface area contributed by atoms with Gasteiger partial charge in [0.05, 0.1) is 29.4 Å². The van der Waals surface area contributed by atoms with Crippen molar-refractivity contribution in [3.05, 3.63) is 78.1 Å². The Balaban J connectivity index is 0.000000344. The third-order valence-electron chi connectivity index (χ3n) is 3.48. The van der Waals surface area contributed by atoms with Crippen LogP contribution >= 0.6 is 12.2 Å². The Kier molecular flexibility index (Phi) is 8.72. The molecule has 0 saturated heterocycles. The summed E-state index contributed by atoms with van der Waals surface area (Å²) in [6, 6.07) is 15.3. The van der Waals surface area contributed by atoms with Crippen LogP contribution in [0.25, 0.3) is 22.8 Å². The van der Waals surface area contributed by atoms with Gasteiger partial charge in [-0.25, -0.2) is 4.98 Å². The molecule has 4 heterocycles. The average Bonchev–Trinajstić information content (AvgIpc) is 3.21. The van der Waals surface area contributed by atoms with Crippen LogP contribution in [0.5, 0.6) is 5.75 Å². The molecule has 0 aliphatic heterocycles. The van der Waals surface area contributed by atoms with Crippen LogP contribution in [0.1, 0.15) is 6.92 Å². The maximum Gasteiger partial charge on any atom is 4.00 e. The third-order valence-corrected chi connectivity index (χ3v) is 3.71. The fraction of sp³-hybridized carbons (Fsp3) is 0.100. The van der Waals surface area contributed by atoms with Crippen molar-refractivity contribution >= 4 is 12.2 Å². The van der Waals surface area contributed by atoms with E-state index in [-0.39, 0.29) is 21.1 Å². The molecule has 0 aliphatic rings. The second-order valence-corrected chi connectivity index (χ2v) is 5.80. The number of hydrogen-bond acceptors (Lipinski definition) is 5. The second kappa shape index (κ2) is 11.3. The van der Waals surface area contributed by atoms with Crippen molar-refractivity contribution in [3.8, 4) is 28.5 Å². The molecular weight excluding hydrogens is 553 g/mol. The van der Waals surface area contributed by atoms with Gasteiger partial charge in [0, 0.05) is 36.9 Å². The zero-order valence-corrected chi connectivity index (χ0v) is 18.2. The molecule has 6 nitrogen and oxygen atoms in total. The Morgan fingerprint density at radius 1 is 0.857 bits per heavy atom. The van der Waals surface area contributed by atoms with Crippen LogP contribution in [0.15, 0.2) is 73.3 Å². The first-order chi connectivity index (χ1) is 13.3. The third kappa shape index (κ3) is 6.22. The van der Waals surface area contributed by atoms with Crippen LogP contribution in [-0.2, 0) is 21.1 Å². The first kappa shape index (κ1) is 21.7. The zero-order chi connectivity index (χ0) is 18.9. The molecule has 4 aromatic heterocycles. The Hall–Kier alpha value is -2.63. The minimum absolute atomic E-state index is 0. The van der Waals surface area contributed by atoms with Gasteiger partial charge in [0.15, 0.2) is 4.77 Å². The predicted molar refractivity (Wildman–Crippen MR) is 108 cm³/mol. The van der Waals surface area contributed by atoms with Crippen LogP contribution in [0.2, 0.25) is 0 Å². The Morgan fingerprint density at radius 3 is 1.75 bits per heavy atom. The van der Waals surface area contributed by atoms with Gasteiger partial charge in [-0.3, -0.25) is 9.97 Å². The summed E-state index contributed by atoms with van der Waals surface area (Å²) in [6.07, 6.45) is 7.01. The van der Waals surface area contributed by atoms with Crippen LogP contribution in [0, 0.1) is 4.77 Å². The smallest absolute Gasteiger partial charge is 0.494 e. The predicted octanol–water partition coefficient (Wildman–Crippen LogP) is 4.67. The molecule has 4 rings (SSSR count). The van der Waals surface area contributed by atoms with Gasteiger partial charge in [0.25, 0.3) is 0 Å². The molecule has 142 valence electrons. The number of aromatic amines is 2. The van der Waals surface area contributed by atoms with E-state index in [4.69, 9.17) is 4.74 Å². The number of hydrogen-bond donors (Lipinski definition) is 2. The molecular formula is C20H19N5OPtS+4. The minimum atomic E-state index is 0. The van der Waals surface area contributed by atoms with Crippen LogP contribution in [0.4, 0.5) is 0 Å². The van der Waals surface area contributed by atoms with Crippen molar-refractivity contribution in [1.29, 1.82) is 0 Å². The Morgan fingerprint density at radius 2 is 1.39 bits per heavy atom. The summed E-state index contributed by atoms with van der Waals surface area (Å²) in [7, 11) is 0. The maximum atomic E-state index is 5.63. The molecule has 0 fully saturated rings. The van der Waals surface area contributed by atoms with E-state index in [0.29, 0.717) is 11.4 Å². The minimum Gasteiger partial charge on any atom is -0.494 e. The largest absolute Gasteiger partial charge is 4.00 e. The number of nitrogens with one attached hydrogen (secondary N) is 2. The monoisotopic (exact) mass is 572 g/mol. The van der Waals surface area contributed by atoms with Crippen molar-refractivity contribution in [2.45, 2.75) is 6.92 Å². The summed E-state index contributed by atoms with van der Waals surface area (Å²) in [4.78, 5) is 18.9. The van der Waals surface area contributed by atoms with E-state index >= 15 is 0 Å². The normalized spacial score (nSPS) is 9.61. The molecule has 0 aliphatic carbocycles. The summed E-state index contributed by atoms with van der Waals surface area (Å²) in [6.45, 7) is 2.56. The molecule has 0 unspecified atom stereocenters. The molecule has 28 heavy (non-hydrogen) atoms. The SMILES string of the molecule is CCOc1cc(-c2ccccn2)nc(-c2ccccn2)c1.S=c1[nH]cc[nH]1.[Pt+4]. The number of imidazole rings is 1. The molecule has 2 N–H and O–H groups in total. The van der Waals surface area contributed by atoms with Gasteiger partial charge in [-0.2, -0.15) is 0 Å². The van der Waals surface area contributed by atoms with Crippen LogP contribution in [0.3, 0.4) is 0 Å². The summed E-state index contributed by atoms with van der Waals surface area (Å²) in [5, 5.41) is 0. The van der Waals surface area contributed by atoms with E-state index in [1.807, 2.05) is 55.5 Å². The van der Waals surface area contributed by atoms with E-state index in [2.05, 4.69) is 37.1 Å². The van der Waals surface area contributed by atoms with Gasteiger partial charge in [0.1, 0.15) is 5.75 Å². The van der Waals surface area contributed by atoms with E-state index in [1.165, 1.54) is 0 Å². The zero-order valence-electron chi connectivity index (χ0n) is 15.1. The summed E-state index contributed by atoms with van der Waals surface area (Å²) >= 11 is 4.63. The number of aromatic nitrogens is 5. The fourth-order valence-electron chi connectivity index (χ4n) is 2.32. The van der Waals surface area contributed by atoms with Gasteiger partial charge in [-0.1, -0.05) is 12.1 Å². The summed E-state index contributed by atoms with van der Waals surface area (Å²) in [5.41, 5.74) is 3.19. The first-order valence-corrected chi connectivity index (χ1v) is 8.87. The number of ether oxygens (including phenoxy) is 1. The van der Waals surface area contributed by atoms with Crippen LogP contribution < -0.4 is 4.74 Å². The van der Waals surface area contributed by atoms with E-state index in [9.17, 15) is 0 Å². The molecule has 0 saturated carbocycles. The topological polar surface area (TPSA) is 79.5 Å². The number of pyridine rings is 3. The molecule has 0 bridgehead atoms. The van der Waals surface area contributed by atoms with E-state index in [1.54, 1.807) is 24.8 Å². The molecule has 0 aromatic carbocycles. The Labute approximate surface area is 182 Å². The average molecular weight is 573 g/mol. The summed E-state index contributed by atoms with van der Waals surface area (Å²) in [5.74, 6) is 0.772. The van der Waals surface area contributed by atoms with Gasteiger partial charge in [-0.05, 0) is 43.4 Å². The standard InChI is InChI=1S/C17H15N3O.C3H4N2S.Pt/c1-2-21-13-11-16(14-7-3-5-9-18-14)20-17(12-13)15-8-4-6-10-19-15;6-3-4-1-2-5-3;/h3-12H,2H2,1H3;1-2H,(H2,4,5,6);/q;;+4. The molecule has 0 radical (unpaired) electrons. The molecule has 4 aromatic rings. The second-order valence-electron chi connectivity index (χ2n) is 5.39. The quantitative estimate of drug-likeness (QED) is 0.348. The van der Waals surface area contributed by atoms with Crippen molar-refractivity contribution in [2.75, 3.05) is 6.61 Å². The van der Waals surface area contributed by atoms with Crippen LogP contribution in [-0.4, -0.2) is 31.5 Å². The molecule has 0 spiro atoms. The Bertz CT molecular complexity index is 947. The number of H-pyrrole nitrogens is 2. The first-order valence-electron chi connectivity index (χ1n) is 8.46. The maximum absolute atomic E-state index is 5.63. The molecule has 0 amide bonds. The van der Waals surface area contributed by atoms with Gasteiger partial charge in [-0.15, -0.1) is 0 Å². The molecule has 0 atom stereocenters. The fourth-order valence-corrected chi connectivity index (χ4v) is 2.46. The van der Waals surface area contributed by atoms with Crippen molar-refractivity contribution in [3.63, 3.8) is 0 Å². The van der Waals surface area contributed by atoms with Crippen molar-refractivity contribution < 1.29 is 25.8 Å². The number of rotatable bonds is 4.